The standard InChI is InChI=1S/C14H22FN3O2/c1-9(18(4)14(2,3)8-19)13(20)17-12-7-10(16)5-6-11(12)15/h5-7,9,19H,8,16H2,1-4H3,(H,17,20). The largest absolute Gasteiger partial charge is 0.399 e. The Morgan fingerprint density at radius 3 is 2.70 bits per heavy atom. The van der Waals surface area contributed by atoms with Gasteiger partial charge in [-0.25, -0.2) is 4.39 Å². The molecule has 1 aromatic rings. The van der Waals surface area contributed by atoms with Crippen LogP contribution in [0.5, 0.6) is 0 Å². The Morgan fingerprint density at radius 1 is 1.55 bits per heavy atom. The summed E-state index contributed by atoms with van der Waals surface area (Å²) in [4.78, 5) is 13.9. The minimum Gasteiger partial charge on any atom is -0.399 e. The van der Waals surface area contributed by atoms with Crippen LogP contribution in [0.25, 0.3) is 0 Å². The zero-order valence-corrected chi connectivity index (χ0v) is 12.3. The minimum atomic E-state index is -0.551. The van der Waals surface area contributed by atoms with Crippen molar-refractivity contribution in [3.63, 3.8) is 0 Å². The number of rotatable bonds is 5. The van der Waals surface area contributed by atoms with E-state index in [0.29, 0.717) is 5.69 Å². The number of nitrogens with one attached hydrogen (secondary N) is 1. The number of hydrogen-bond acceptors (Lipinski definition) is 4. The Balaban J connectivity index is 2.83. The van der Waals surface area contributed by atoms with Crippen molar-refractivity contribution in [2.75, 3.05) is 24.7 Å². The van der Waals surface area contributed by atoms with E-state index in [9.17, 15) is 14.3 Å². The topological polar surface area (TPSA) is 78.6 Å². The highest BCUT2D eigenvalue weighted by molar-refractivity contribution is 5.95. The number of halogens is 1. The number of benzene rings is 1. The maximum atomic E-state index is 13.6. The summed E-state index contributed by atoms with van der Waals surface area (Å²) in [5.41, 5.74) is 5.44. The predicted octanol–water partition coefficient (Wildman–Crippen LogP) is 1.44. The molecule has 0 aromatic heterocycles. The molecular weight excluding hydrogens is 261 g/mol. The van der Waals surface area contributed by atoms with Gasteiger partial charge in [-0.15, -0.1) is 0 Å². The SMILES string of the molecule is CC(C(=O)Nc1cc(N)ccc1F)N(C)C(C)(C)CO. The van der Waals surface area contributed by atoms with E-state index in [1.165, 1.54) is 18.2 Å². The van der Waals surface area contributed by atoms with Crippen LogP contribution in [0.2, 0.25) is 0 Å². The lowest BCUT2D eigenvalue weighted by atomic mass is 10.0. The van der Waals surface area contributed by atoms with Crippen LogP contribution in [-0.2, 0) is 4.79 Å². The predicted molar refractivity (Wildman–Crippen MR) is 77.8 cm³/mol. The summed E-state index contributed by atoms with van der Waals surface area (Å²) >= 11 is 0. The van der Waals surface area contributed by atoms with Crippen molar-refractivity contribution >= 4 is 17.3 Å². The number of hydrogen-bond donors (Lipinski definition) is 3. The number of nitrogens with two attached hydrogens (primary N) is 1. The number of carbonyl (C=O) groups excluding carboxylic acids is 1. The Hall–Kier alpha value is -1.66. The second-order valence-corrected chi connectivity index (χ2v) is 5.49. The molecule has 0 saturated heterocycles. The van der Waals surface area contributed by atoms with Gasteiger partial charge in [0, 0.05) is 11.2 Å². The second kappa shape index (κ2) is 6.19. The molecular formula is C14H22FN3O2. The second-order valence-electron chi connectivity index (χ2n) is 5.49. The van der Waals surface area contributed by atoms with Crippen molar-refractivity contribution in [3.05, 3.63) is 24.0 Å². The first kappa shape index (κ1) is 16.4. The first-order valence-corrected chi connectivity index (χ1v) is 6.38. The lowest BCUT2D eigenvalue weighted by molar-refractivity contribution is -0.122. The molecule has 1 aromatic carbocycles. The van der Waals surface area contributed by atoms with E-state index < -0.39 is 17.4 Å². The van der Waals surface area contributed by atoms with Crippen molar-refractivity contribution in [1.29, 1.82) is 0 Å². The number of anilines is 2. The molecule has 112 valence electrons. The molecule has 1 unspecified atom stereocenters. The van der Waals surface area contributed by atoms with Gasteiger partial charge in [0.15, 0.2) is 0 Å². The third-order valence-electron chi connectivity index (χ3n) is 3.55. The fourth-order valence-electron chi connectivity index (χ4n) is 1.69. The lowest BCUT2D eigenvalue weighted by Crippen LogP contribution is -2.52. The van der Waals surface area contributed by atoms with Gasteiger partial charge in [-0.2, -0.15) is 0 Å². The van der Waals surface area contributed by atoms with Gasteiger partial charge in [0.25, 0.3) is 0 Å². The van der Waals surface area contributed by atoms with Crippen molar-refractivity contribution in [3.8, 4) is 0 Å². The first-order chi connectivity index (χ1) is 9.19. The monoisotopic (exact) mass is 283 g/mol. The average molecular weight is 283 g/mol. The Kier molecular flexibility index (Phi) is 5.08. The Bertz CT molecular complexity index is 491. The van der Waals surface area contributed by atoms with Crippen molar-refractivity contribution < 1.29 is 14.3 Å². The zero-order valence-electron chi connectivity index (χ0n) is 12.3. The van der Waals surface area contributed by atoms with Gasteiger partial charge in [0.2, 0.25) is 5.91 Å². The third-order valence-corrected chi connectivity index (χ3v) is 3.55. The lowest BCUT2D eigenvalue weighted by Gasteiger charge is -2.37. The smallest absolute Gasteiger partial charge is 0.241 e. The van der Waals surface area contributed by atoms with E-state index in [2.05, 4.69) is 5.32 Å². The number of likely N-dealkylation sites (N-methyl/N-ethyl adjacent to an activating group) is 1. The quantitative estimate of drug-likeness (QED) is 0.714. The summed E-state index contributed by atoms with van der Waals surface area (Å²) in [6.07, 6.45) is 0. The number of nitrogen functional groups attached to an aromatic ring is 1. The molecule has 5 nitrogen and oxygen atoms in total. The van der Waals surface area contributed by atoms with E-state index in [0.717, 1.165) is 0 Å². The van der Waals surface area contributed by atoms with Gasteiger partial charge in [0.1, 0.15) is 5.82 Å². The first-order valence-electron chi connectivity index (χ1n) is 6.38. The van der Waals surface area contributed by atoms with Gasteiger partial charge in [-0.1, -0.05) is 0 Å². The summed E-state index contributed by atoms with van der Waals surface area (Å²) in [5.74, 6) is -0.901. The summed E-state index contributed by atoms with van der Waals surface area (Å²) in [5, 5.41) is 11.8. The summed E-state index contributed by atoms with van der Waals surface area (Å²) < 4.78 is 13.6. The molecule has 20 heavy (non-hydrogen) atoms. The molecule has 0 aliphatic heterocycles. The molecule has 0 aliphatic rings. The van der Waals surface area contributed by atoms with Gasteiger partial charge in [-0.05, 0) is 46.0 Å². The zero-order chi connectivity index (χ0) is 15.5. The highest BCUT2D eigenvalue weighted by Gasteiger charge is 2.30. The summed E-state index contributed by atoms with van der Waals surface area (Å²) in [6, 6.07) is 3.47. The van der Waals surface area contributed by atoms with Crippen molar-refractivity contribution in [2.24, 2.45) is 0 Å². The summed E-state index contributed by atoms with van der Waals surface area (Å²) in [6.45, 7) is 5.24. The van der Waals surface area contributed by atoms with E-state index in [4.69, 9.17) is 5.73 Å². The van der Waals surface area contributed by atoms with Gasteiger partial charge >= 0.3 is 0 Å². The van der Waals surface area contributed by atoms with Crippen LogP contribution in [0.15, 0.2) is 18.2 Å². The molecule has 6 heteroatoms. The normalized spacial score (nSPS) is 13.3. The average Bonchev–Trinajstić information content (AvgIpc) is 2.41. The maximum Gasteiger partial charge on any atom is 0.241 e. The molecule has 1 atom stereocenters. The van der Waals surface area contributed by atoms with E-state index in [1.807, 2.05) is 13.8 Å². The van der Waals surface area contributed by atoms with Crippen LogP contribution >= 0.6 is 0 Å². The number of carbonyl (C=O) groups is 1. The van der Waals surface area contributed by atoms with Crippen molar-refractivity contribution in [1.82, 2.24) is 4.90 Å². The Morgan fingerprint density at radius 2 is 2.15 bits per heavy atom. The molecule has 4 N–H and O–H groups in total. The van der Waals surface area contributed by atoms with Crippen LogP contribution in [-0.4, -0.2) is 41.1 Å². The molecule has 0 radical (unpaired) electrons. The third kappa shape index (κ3) is 3.68. The molecule has 0 fully saturated rings. The molecule has 1 amide bonds. The van der Waals surface area contributed by atoms with Gasteiger partial charge in [-0.3, -0.25) is 9.69 Å². The molecule has 1 rings (SSSR count). The van der Waals surface area contributed by atoms with Crippen LogP contribution in [0.3, 0.4) is 0 Å². The highest BCUT2D eigenvalue weighted by Crippen LogP contribution is 2.20. The highest BCUT2D eigenvalue weighted by atomic mass is 19.1. The van der Waals surface area contributed by atoms with Crippen molar-refractivity contribution in [2.45, 2.75) is 32.4 Å². The number of aliphatic hydroxyl groups excluding tert-OH is 1. The molecule has 0 heterocycles. The molecule has 0 bridgehead atoms. The fraction of sp³-hybridized carbons (Fsp3) is 0.500. The van der Waals surface area contributed by atoms with E-state index in [1.54, 1.807) is 18.9 Å². The van der Waals surface area contributed by atoms with E-state index in [-0.39, 0.29) is 18.2 Å². The van der Waals surface area contributed by atoms with E-state index >= 15 is 0 Å². The van der Waals surface area contributed by atoms with Crippen LogP contribution in [0.1, 0.15) is 20.8 Å². The van der Waals surface area contributed by atoms with Crippen LogP contribution < -0.4 is 11.1 Å². The van der Waals surface area contributed by atoms with Gasteiger partial charge < -0.3 is 16.2 Å². The maximum absolute atomic E-state index is 13.6. The van der Waals surface area contributed by atoms with Crippen LogP contribution in [0, 0.1) is 5.82 Å². The number of amides is 1. The Labute approximate surface area is 118 Å². The summed E-state index contributed by atoms with van der Waals surface area (Å²) in [7, 11) is 1.73. The molecule has 0 saturated carbocycles. The molecule has 0 spiro atoms. The number of aliphatic hydroxyl groups is 1. The van der Waals surface area contributed by atoms with Gasteiger partial charge in [0.05, 0.1) is 18.3 Å². The number of nitrogens with zero attached hydrogens (tertiary/aromatic N) is 1. The fourth-order valence-corrected chi connectivity index (χ4v) is 1.69. The minimum absolute atomic E-state index is 0.0528. The molecule has 0 aliphatic carbocycles. The van der Waals surface area contributed by atoms with Crippen LogP contribution in [0.4, 0.5) is 15.8 Å².